The van der Waals surface area contributed by atoms with Gasteiger partial charge in [-0.1, -0.05) is 19.1 Å². The van der Waals surface area contributed by atoms with Crippen molar-refractivity contribution in [2.24, 2.45) is 0 Å². The topological polar surface area (TPSA) is 117 Å². The molecule has 0 saturated heterocycles. The quantitative estimate of drug-likeness (QED) is 0.722. The van der Waals surface area contributed by atoms with Gasteiger partial charge in [-0.15, -0.1) is 0 Å². The largest absolute Gasteiger partial charge is 0.473 e. The molecular formula is C18H19N3O4. The van der Waals surface area contributed by atoms with Crippen molar-refractivity contribution < 1.29 is 19.8 Å². The third-order valence-electron chi connectivity index (χ3n) is 4.10. The zero-order chi connectivity index (χ0) is 18.4. The van der Waals surface area contributed by atoms with Crippen LogP contribution in [0.15, 0.2) is 30.5 Å². The number of nitriles is 1. The van der Waals surface area contributed by atoms with E-state index in [1.807, 2.05) is 24.4 Å². The molecule has 7 heteroatoms. The minimum Gasteiger partial charge on any atom is -0.473 e. The Morgan fingerprint density at radius 1 is 1.32 bits per heavy atom. The summed E-state index contributed by atoms with van der Waals surface area (Å²) in [5, 5.41) is 25.1. The van der Waals surface area contributed by atoms with Crippen molar-refractivity contribution in [3.8, 4) is 6.07 Å². The average molecular weight is 341 g/mol. The summed E-state index contributed by atoms with van der Waals surface area (Å²) in [7, 11) is 0. The molecule has 0 bridgehead atoms. The zero-order valence-electron chi connectivity index (χ0n) is 13.8. The van der Waals surface area contributed by atoms with Gasteiger partial charge in [-0.05, 0) is 30.7 Å². The summed E-state index contributed by atoms with van der Waals surface area (Å²) in [5.74, 6) is -3.65. The molecular weight excluding hydrogens is 322 g/mol. The lowest BCUT2D eigenvalue weighted by molar-refractivity contribution is -0.159. The number of aromatic nitrogens is 1. The molecule has 25 heavy (non-hydrogen) atoms. The van der Waals surface area contributed by atoms with Crippen molar-refractivity contribution in [1.29, 1.82) is 5.26 Å². The summed E-state index contributed by atoms with van der Waals surface area (Å²) >= 11 is 0. The number of carboxylic acid groups (broad SMARTS) is 2. The first-order valence-electron chi connectivity index (χ1n) is 7.86. The summed E-state index contributed by atoms with van der Waals surface area (Å²) in [5.41, 5.74) is 4.36. The van der Waals surface area contributed by atoms with Gasteiger partial charge in [0.1, 0.15) is 0 Å². The van der Waals surface area contributed by atoms with Gasteiger partial charge < -0.3 is 15.2 Å². The van der Waals surface area contributed by atoms with Crippen molar-refractivity contribution >= 4 is 28.4 Å². The monoisotopic (exact) mass is 341 g/mol. The van der Waals surface area contributed by atoms with E-state index >= 15 is 0 Å². The SMILES string of the molecule is CCN1CC=C(c2c[nH]c3cccc(C#N)c23)CC1.O=C(O)C(=O)O. The molecule has 2 heterocycles. The number of fused-ring (bicyclic) bond motifs is 1. The molecule has 0 aliphatic carbocycles. The number of aliphatic carboxylic acids is 2. The van der Waals surface area contributed by atoms with Gasteiger partial charge in [0.2, 0.25) is 0 Å². The van der Waals surface area contributed by atoms with Gasteiger partial charge in [-0.3, -0.25) is 4.90 Å². The molecule has 1 aliphatic heterocycles. The number of carbonyl (C=O) groups is 2. The molecule has 0 amide bonds. The normalized spacial score (nSPS) is 14.2. The smallest absolute Gasteiger partial charge is 0.414 e. The summed E-state index contributed by atoms with van der Waals surface area (Å²) in [4.78, 5) is 23.9. The van der Waals surface area contributed by atoms with E-state index in [2.05, 4.69) is 29.0 Å². The van der Waals surface area contributed by atoms with Gasteiger partial charge in [0.05, 0.1) is 11.6 Å². The number of carboxylic acids is 2. The first-order valence-corrected chi connectivity index (χ1v) is 7.86. The lowest BCUT2D eigenvalue weighted by Gasteiger charge is -2.24. The maximum absolute atomic E-state index is 9.27. The molecule has 1 aromatic carbocycles. The Kier molecular flexibility index (Phi) is 5.93. The van der Waals surface area contributed by atoms with Crippen molar-refractivity contribution in [3.63, 3.8) is 0 Å². The Morgan fingerprint density at radius 3 is 2.56 bits per heavy atom. The van der Waals surface area contributed by atoms with E-state index in [9.17, 15) is 5.26 Å². The number of benzene rings is 1. The number of nitrogens with zero attached hydrogens (tertiary/aromatic N) is 2. The lowest BCUT2D eigenvalue weighted by atomic mass is 9.97. The van der Waals surface area contributed by atoms with Crippen LogP contribution in [-0.4, -0.2) is 51.7 Å². The van der Waals surface area contributed by atoms with Crippen molar-refractivity contribution in [2.75, 3.05) is 19.6 Å². The first-order chi connectivity index (χ1) is 12.0. The molecule has 0 radical (unpaired) electrons. The van der Waals surface area contributed by atoms with Crippen LogP contribution in [0.25, 0.3) is 16.5 Å². The van der Waals surface area contributed by atoms with Crippen LogP contribution in [0.5, 0.6) is 0 Å². The minimum absolute atomic E-state index is 0.757. The molecule has 0 unspecified atom stereocenters. The Balaban J connectivity index is 0.000000326. The highest BCUT2D eigenvalue weighted by atomic mass is 16.4. The van der Waals surface area contributed by atoms with E-state index in [4.69, 9.17) is 19.8 Å². The van der Waals surface area contributed by atoms with E-state index in [0.29, 0.717) is 0 Å². The van der Waals surface area contributed by atoms with Crippen LogP contribution in [0.4, 0.5) is 0 Å². The number of hydrogen-bond donors (Lipinski definition) is 3. The summed E-state index contributed by atoms with van der Waals surface area (Å²) < 4.78 is 0. The average Bonchev–Trinajstić information content (AvgIpc) is 3.06. The van der Waals surface area contributed by atoms with Crippen molar-refractivity contribution in [3.05, 3.63) is 41.6 Å². The number of rotatable bonds is 2. The van der Waals surface area contributed by atoms with Crippen LogP contribution in [0, 0.1) is 11.3 Å². The molecule has 0 saturated carbocycles. The fourth-order valence-electron chi connectivity index (χ4n) is 2.77. The van der Waals surface area contributed by atoms with Crippen LogP contribution < -0.4 is 0 Å². The van der Waals surface area contributed by atoms with Crippen molar-refractivity contribution in [2.45, 2.75) is 13.3 Å². The Labute approximate surface area is 144 Å². The number of H-pyrrole nitrogens is 1. The fraction of sp³-hybridized carbons (Fsp3) is 0.278. The summed E-state index contributed by atoms with van der Waals surface area (Å²) in [6.07, 6.45) is 5.39. The Morgan fingerprint density at radius 2 is 2.04 bits per heavy atom. The Hall–Kier alpha value is -3.11. The van der Waals surface area contributed by atoms with Gasteiger partial charge in [0, 0.05) is 35.8 Å². The van der Waals surface area contributed by atoms with Gasteiger partial charge in [0.15, 0.2) is 0 Å². The number of nitrogens with one attached hydrogen (secondary N) is 1. The predicted molar refractivity (Wildman–Crippen MR) is 93.0 cm³/mol. The first kappa shape index (κ1) is 18.2. The van der Waals surface area contributed by atoms with Gasteiger partial charge >= 0.3 is 11.9 Å². The second-order valence-electron chi connectivity index (χ2n) is 5.53. The second kappa shape index (κ2) is 8.13. The molecule has 1 aromatic heterocycles. The maximum atomic E-state index is 9.27. The highest BCUT2D eigenvalue weighted by Gasteiger charge is 2.16. The standard InChI is InChI=1S/C16H17N3.C2H2O4/c1-2-19-8-6-12(7-9-19)14-11-18-15-5-3-4-13(10-17)16(14)15;3-1(4)2(5)6/h3-6,11,18H,2,7-9H2,1H3;(H,3,4)(H,5,6). The third-order valence-corrected chi connectivity index (χ3v) is 4.10. The van der Waals surface area contributed by atoms with Gasteiger partial charge in [-0.25, -0.2) is 9.59 Å². The highest BCUT2D eigenvalue weighted by Crippen LogP contribution is 2.31. The van der Waals surface area contributed by atoms with Crippen LogP contribution in [-0.2, 0) is 9.59 Å². The molecule has 3 rings (SSSR count). The fourth-order valence-corrected chi connectivity index (χ4v) is 2.77. The van der Waals surface area contributed by atoms with Crippen molar-refractivity contribution in [1.82, 2.24) is 9.88 Å². The number of likely N-dealkylation sites (N-methyl/N-ethyl adjacent to an activating group) is 1. The Bertz CT molecular complexity index is 849. The lowest BCUT2D eigenvalue weighted by Crippen LogP contribution is -2.27. The molecule has 0 spiro atoms. The van der Waals surface area contributed by atoms with E-state index in [1.165, 1.54) is 11.1 Å². The molecule has 7 nitrogen and oxygen atoms in total. The summed E-state index contributed by atoms with van der Waals surface area (Å²) in [6, 6.07) is 8.14. The third kappa shape index (κ3) is 4.25. The second-order valence-corrected chi connectivity index (χ2v) is 5.53. The number of aromatic amines is 1. The molecule has 0 fully saturated rings. The molecule has 2 aromatic rings. The van der Waals surface area contributed by atoms with Crippen LogP contribution in [0.3, 0.4) is 0 Å². The minimum atomic E-state index is -1.82. The van der Waals surface area contributed by atoms with Crippen LogP contribution in [0.2, 0.25) is 0 Å². The highest BCUT2D eigenvalue weighted by molar-refractivity contribution is 6.27. The molecule has 130 valence electrons. The molecule has 1 aliphatic rings. The zero-order valence-corrected chi connectivity index (χ0v) is 13.8. The van der Waals surface area contributed by atoms with Gasteiger partial charge in [-0.2, -0.15) is 5.26 Å². The molecule has 3 N–H and O–H groups in total. The van der Waals surface area contributed by atoms with E-state index in [-0.39, 0.29) is 0 Å². The van der Waals surface area contributed by atoms with E-state index in [0.717, 1.165) is 42.5 Å². The molecule has 0 atom stereocenters. The van der Waals surface area contributed by atoms with E-state index in [1.54, 1.807) is 0 Å². The van der Waals surface area contributed by atoms with Gasteiger partial charge in [0.25, 0.3) is 0 Å². The summed E-state index contributed by atoms with van der Waals surface area (Å²) in [6.45, 7) is 5.40. The maximum Gasteiger partial charge on any atom is 0.414 e. The number of hydrogen-bond acceptors (Lipinski definition) is 4. The van der Waals surface area contributed by atoms with E-state index < -0.39 is 11.9 Å². The van der Waals surface area contributed by atoms with Crippen LogP contribution in [0.1, 0.15) is 24.5 Å². The van der Waals surface area contributed by atoms with Crippen LogP contribution >= 0.6 is 0 Å². The predicted octanol–water partition coefficient (Wildman–Crippen LogP) is 2.30.